The summed E-state index contributed by atoms with van der Waals surface area (Å²) in [6, 6.07) is 27.7. The maximum Gasteiger partial charge on any atom is 0.0594 e. The molecule has 0 unspecified atom stereocenters. The van der Waals surface area contributed by atoms with E-state index >= 15 is 0 Å². The summed E-state index contributed by atoms with van der Waals surface area (Å²) in [4.78, 5) is 9.99. The Bertz CT molecular complexity index is 1110. The molecule has 3 aliphatic heterocycles. The zero-order valence-corrected chi connectivity index (χ0v) is 27.8. The molecule has 0 aromatic heterocycles. The molecule has 3 aliphatic rings. The molecule has 0 amide bonds. The van der Waals surface area contributed by atoms with Crippen molar-refractivity contribution in [3.8, 4) is 0 Å². The van der Waals surface area contributed by atoms with Crippen LogP contribution in [0.2, 0.25) is 0 Å². The van der Waals surface area contributed by atoms with E-state index in [9.17, 15) is 0 Å². The second-order valence-electron chi connectivity index (χ2n) is 13.0. The van der Waals surface area contributed by atoms with Crippen molar-refractivity contribution < 1.29 is 14.2 Å². The van der Waals surface area contributed by atoms with Gasteiger partial charge >= 0.3 is 0 Å². The molecular formula is C39H54N4O3. The van der Waals surface area contributed by atoms with Crippen LogP contribution in [0.15, 0.2) is 72.8 Å². The predicted octanol–water partition coefficient (Wildman–Crippen LogP) is 5.95. The highest BCUT2D eigenvalue weighted by Gasteiger charge is 2.15. The summed E-state index contributed by atoms with van der Waals surface area (Å²) in [6.07, 6.45) is 6.87. The number of aryl methyl sites for hydroxylation is 3. The van der Waals surface area contributed by atoms with Gasteiger partial charge in [-0.1, -0.05) is 36.4 Å². The topological polar surface area (TPSA) is 40.7 Å². The van der Waals surface area contributed by atoms with Gasteiger partial charge in [0.15, 0.2) is 0 Å². The van der Waals surface area contributed by atoms with Gasteiger partial charge in [-0.15, -0.1) is 0 Å². The van der Waals surface area contributed by atoms with Crippen LogP contribution in [0.4, 0.5) is 17.1 Å². The number of anilines is 3. The second kappa shape index (κ2) is 17.9. The van der Waals surface area contributed by atoms with Gasteiger partial charge in [0.25, 0.3) is 0 Å². The monoisotopic (exact) mass is 626 g/mol. The van der Waals surface area contributed by atoms with Crippen LogP contribution >= 0.6 is 0 Å². The van der Waals surface area contributed by atoms with Crippen molar-refractivity contribution in [2.75, 3.05) is 103 Å². The molecule has 7 heteroatoms. The van der Waals surface area contributed by atoms with E-state index in [1.54, 1.807) is 0 Å². The lowest BCUT2D eigenvalue weighted by Crippen LogP contribution is -2.36. The van der Waals surface area contributed by atoms with Gasteiger partial charge in [-0.25, -0.2) is 0 Å². The van der Waals surface area contributed by atoms with E-state index in [0.717, 1.165) is 118 Å². The molecule has 0 bridgehead atoms. The van der Waals surface area contributed by atoms with Crippen molar-refractivity contribution in [3.63, 3.8) is 0 Å². The molecule has 0 aliphatic carbocycles. The molecule has 0 atom stereocenters. The molecule has 3 aromatic carbocycles. The number of ether oxygens (including phenoxy) is 3. The molecule has 0 spiro atoms. The Labute approximate surface area is 277 Å². The van der Waals surface area contributed by atoms with Crippen molar-refractivity contribution in [2.24, 2.45) is 0 Å². The molecule has 0 radical (unpaired) electrons. The van der Waals surface area contributed by atoms with E-state index in [1.165, 1.54) is 53.0 Å². The van der Waals surface area contributed by atoms with Crippen LogP contribution in [0.25, 0.3) is 0 Å². The van der Waals surface area contributed by atoms with Crippen LogP contribution in [0.3, 0.4) is 0 Å². The smallest absolute Gasteiger partial charge is 0.0594 e. The summed E-state index contributed by atoms with van der Waals surface area (Å²) in [7, 11) is 0. The Morgan fingerprint density at radius 1 is 0.391 bits per heavy atom. The van der Waals surface area contributed by atoms with Crippen LogP contribution in [0.5, 0.6) is 0 Å². The normalized spacial score (nSPS) is 18.5. The molecule has 6 rings (SSSR count). The van der Waals surface area contributed by atoms with Crippen LogP contribution in [-0.2, 0) is 33.5 Å². The van der Waals surface area contributed by atoms with Crippen LogP contribution in [-0.4, -0.2) is 113 Å². The van der Waals surface area contributed by atoms with Crippen molar-refractivity contribution in [1.82, 2.24) is 14.7 Å². The summed E-state index contributed by atoms with van der Waals surface area (Å²) in [5, 5.41) is 0. The predicted molar refractivity (Wildman–Crippen MR) is 188 cm³/mol. The van der Waals surface area contributed by atoms with E-state index in [-0.39, 0.29) is 0 Å². The SMILES string of the molecule is c1cc(N(c2ccc(CCCN3CCOCC3)cc2)c2ccc(CCCN3CCOCC3)cc2)ccc1CCCN1CCOCC1. The molecule has 3 saturated heterocycles. The number of morpholine rings is 3. The minimum absolute atomic E-state index is 0.870. The average Bonchev–Trinajstić information content (AvgIpc) is 3.12. The summed E-state index contributed by atoms with van der Waals surface area (Å²) < 4.78 is 16.5. The molecule has 0 saturated carbocycles. The maximum atomic E-state index is 5.51. The zero-order chi connectivity index (χ0) is 31.2. The Kier molecular flexibility index (Phi) is 12.9. The van der Waals surface area contributed by atoms with E-state index in [0.29, 0.717) is 0 Å². The maximum absolute atomic E-state index is 5.51. The first kappa shape index (κ1) is 33.1. The molecule has 3 fully saturated rings. The fraction of sp³-hybridized carbons (Fsp3) is 0.538. The molecule has 46 heavy (non-hydrogen) atoms. The first-order chi connectivity index (χ1) is 22.8. The van der Waals surface area contributed by atoms with Crippen LogP contribution in [0, 0.1) is 0 Å². The highest BCUT2D eigenvalue weighted by molar-refractivity contribution is 5.76. The van der Waals surface area contributed by atoms with E-state index in [4.69, 9.17) is 14.2 Å². The first-order valence-electron chi connectivity index (χ1n) is 17.8. The van der Waals surface area contributed by atoms with E-state index in [1.807, 2.05) is 0 Å². The van der Waals surface area contributed by atoms with Gasteiger partial charge < -0.3 is 19.1 Å². The third kappa shape index (κ3) is 10.1. The summed E-state index contributed by atoms with van der Waals surface area (Å²) in [5.41, 5.74) is 7.83. The molecule has 7 nitrogen and oxygen atoms in total. The van der Waals surface area contributed by atoms with Crippen molar-refractivity contribution in [1.29, 1.82) is 0 Å². The van der Waals surface area contributed by atoms with Crippen molar-refractivity contribution in [2.45, 2.75) is 38.5 Å². The summed E-state index contributed by atoms with van der Waals surface area (Å²) in [5.74, 6) is 0. The standard InChI is InChI=1S/C39H54N4O3/c1(19-40-22-28-44-29-23-40)4-34-7-13-37(14-8-34)43(38-15-9-35(10-16-38)5-2-20-41-24-30-45-31-25-41)39-17-11-36(12-18-39)6-3-21-42-26-32-46-33-27-42/h7-18H,1-6,19-33H2. The third-order valence-electron chi connectivity index (χ3n) is 9.71. The fourth-order valence-corrected chi connectivity index (χ4v) is 6.88. The van der Waals surface area contributed by atoms with Crippen molar-refractivity contribution >= 4 is 17.1 Å². The van der Waals surface area contributed by atoms with Gasteiger partial charge in [-0.05, 0) is 111 Å². The summed E-state index contributed by atoms with van der Waals surface area (Å²) >= 11 is 0. The van der Waals surface area contributed by atoms with Gasteiger partial charge in [0, 0.05) is 56.3 Å². The Morgan fingerprint density at radius 3 is 0.913 bits per heavy atom. The number of benzene rings is 3. The van der Waals surface area contributed by atoms with E-state index in [2.05, 4.69) is 92.4 Å². The van der Waals surface area contributed by atoms with Gasteiger partial charge in [0.1, 0.15) is 0 Å². The van der Waals surface area contributed by atoms with Gasteiger partial charge in [0.05, 0.1) is 39.6 Å². The fourth-order valence-electron chi connectivity index (χ4n) is 6.88. The zero-order valence-electron chi connectivity index (χ0n) is 27.8. The lowest BCUT2D eigenvalue weighted by Gasteiger charge is -2.27. The number of hydrogen-bond donors (Lipinski definition) is 0. The molecule has 3 heterocycles. The molecular weight excluding hydrogens is 572 g/mol. The van der Waals surface area contributed by atoms with Gasteiger partial charge in [0.2, 0.25) is 0 Å². The van der Waals surface area contributed by atoms with Gasteiger partial charge in [-0.3, -0.25) is 14.7 Å². The minimum atomic E-state index is 0.870. The average molecular weight is 627 g/mol. The van der Waals surface area contributed by atoms with Gasteiger partial charge in [-0.2, -0.15) is 0 Å². The quantitative estimate of drug-likeness (QED) is 0.207. The van der Waals surface area contributed by atoms with Crippen LogP contribution < -0.4 is 4.90 Å². The highest BCUT2D eigenvalue weighted by atomic mass is 16.5. The Balaban J connectivity index is 1.10. The lowest BCUT2D eigenvalue weighted by atomic mass is 10.1. The Hall–Kier alpha value is -2.78. The molecule has 248 valence electrons. The first-order valence-corrected chi connectivity index (χ1v) is 17.8. The minimum Gasteiger partial charge on any atom is -0.379 e. The van der Waals surface area contributed by atoms with Crippen molar-refractivity contribution in [3.05, 3.63) is 89.5 Å². The molecule has 0 N–H and O–H groups in total. The highest BCUT2D eigenvalue weighted by Crippen LogP contribution is 2.35. The second-order valence-corrected chi connectivity index (χ2v) is 13.0. The molecule has 3 aromatic rings. The number of nitrogens with zero attached hydrogens (tertiary/aromatic N) is 4. The van der Waals surface area contributed by atoms with E-state index < -0.39 is 0 Å². The Morgan fingerprint density at radius 2 is 0.652 bits per heavy atom. The lowest BCUT2D eigenvalue weighted by molar-refractivity contribution is 0.0374. The van der Waals surface area contributed by atoms with Crippen LogP contribution in [0.1, 0.15) is 36.0 Å². The summed E-state index contributed by atoms with van der Waals surface area (Å²) in [6.45, 7) is 15.0. The number of rotatable bonds is 15. The largest absolute Gasteiger partial charge is 0.379 e. The third-order valence-corrected chi connectivity index (χ3v) is 9.71. The number of hydrogen-bond acceptors (Lipinski definition) is 7.